The van der Waals surface area contributed by atoms with Crippen molar-refractivity contribution >= 4 is 27.3 Å². The van der Waals surface area contributed by atoms with E-state index in [1.165, 1.54) is 17.2 Å². The van der Waals surface area contributed by atoms with Crippen molar-refractivity contribution in [3.8, 4) is 0 Å². The lowest BCUT2D eigenvalue weighted by Gasteiger charge is -2.08. The van der Waals surface area contributed by atoms with Crippen LogP contribution in [0.15, 0.2) is 46.9 Å². The largest absolute Gasteiger partial charge is 0.381 e. The predicted molar refractivity (Wildman–Crippen MR) is 83.9 cm³/mol. The fourth-order valence-electron chi connectivity index (χ4n) is 1.86. The first-order chi connectivity index (χ1) is 9.60. The highest BCUT2D eigenvalue weighted by Gasteiger charge is 2.11. The molecule has 20 heavy (non-hydrogen) atoms. The van der Waals surface area contributed by atoms with E-state index in [2.05, 4.69) is 52.4 Å². The van der Waals surface area contributed by atoms with Crippen LogP contribution in [0, 0.1) is 10.1 Å². The van der Waals surface area contributed by atoms with Crippen LogP contribution in [0.3, 0.4) is 0 Å². The number of anilines is 1. The molecule has 4 nitrogen and oxygen atoms in total. The molecule has 0 saturated carbocycles. The molecule has 0 aliphatic rings. The van der Waals surface area contributed by atoms with Crippen LogP contribution >= 0.6 is 15.9 Å². The topological polar surface area (TPSA) is 55.2 Å². The second-order valence-corrected chi connectivity index (χ2v) is 5.30. The molecular formula is C15H15BrN2O2. The van der Waals surface area contributed by atoms with Gasteiger partial charge in [0.2, 0.25) is 0 Å². The van der Waals surface area contributed by atoms with Crippen molar-refractivity contribution < 1.29 is 4.92 Å². The summed E-state index contributed by atoms with van der Waals surface area (Å²) >= 11 is 3.21. The van der Waals surface area contributed by atoms with Gasteiger partial charge in [0.25, 0.3) is 5.69 Å². The number of aryl methyl sites for hydroxylation is 1. The number of nitro groups is 1. The van der Waals surface area contributed by atoms with Crippen molar-refractivity contribution in [2.75, 3.05) is 5.32 Å². The van der Waals surface area contributed by atoms with Gasteiger partial charge in [0.1, 0.15) is 0 Å². The normalized spacial score (nSPS) is 10.3. The summed E-state index contributed by atoms with van der Waals surface area (Å²) in [6.07, 6.45) is 1.03. The minimum Gasteiger partial charge on any atom is -0.381 e. The van der Waals surface area contributed by atoms with Gasteiger partial charge in [-0.15, -0.1) is 0 Å². The zero-order valence-corrected chi connectivity index (χ0v) is 12.7. The fraction of sp³-hybridized carbons (Fsp3) is 0.200. The lowest BCUT2D eigenvalue weighted by molar-refractivity contribution is -0.385. The molecule has 0 aliphatic heterocycles. The predicted octanol–water partition coefficient (Wildman–Crippen LogP) is 4.53. The van der Waals surface area contributed by atoms with E-state index in [1.54, 1.807) is 12.1 Å². The van der Waals surface area contributed by atoms with Gasteiger partial charge in [-0.3, -0.25) is 10.1 Å². The van der Waals surface area contributed by atoms with Gasteiger partial charge in [0.15, 0.2) is 0 Å². The molecule has 0 bridgehead atoms. The molecule has 2 aromatic rings. The first kappa shape index (κ1) is 14.5. The third-order valence-electron chi connectivity index (χ3n) is 3.07. The number of benzene rings is 2. The molecule has 0 aliphatic carbocycles. The molecule has 2 rings (SSSR count). The van der Waals surface area contributed by atoms with E-state index in [9.17, 15) is 10.1 Å². The van der Waals surface area contributed by atoms with Crippen molar-refractivity contribution in [3.63, 3.8) is 0 Å². The lowest BCUT2D eigenvalue weighted by Crippen LogP contribution is -2.00. The highest BCUT2D eigenvalue weighted by Crippen LogP contribution is 2.27. The Kier molecular flexibility index (Phi) is 4.74. The highest BCUT2D eigenvalue weighted by molar-refractivity contribution is 9.10. The van der Waals surface area contributed by atoms with Crippen LogP contribution in [0.25, 0.3) is 0 Å². The summed E-state index contributed by atoms with van der Waals surface area (Å²) in [5.74, 6) is 0. The lowest BCUT2D eigenvalue weighted by atomic mass is 10.1. The van der Waals surface area contributed by atoms with Gasteiger partial charge in [0, 0.05) is 18.3 Å². The first-order valence-corrected chi connectivity index (χ1v) is 7.15. The molecule has 1 N–H and O–H groups in total. The second-order valence-electron chi connectivity index (χ2n) is 4.45. The molecule has 0 radical (unpaired) electrons. The van der Waals surface area contributed by atoms with E-state index in [-0.39, 0.29) is 5.69 Å². The quantitative estimate of drug-likeness (QED) is 0.645. The van der Waals surface area contributed by atoms with Crippen molar-refractivity contribution in [1.29, 1.82) is 0 Å². The Balaban J connectivity index is 2.03. The maximum Gasteiger partial charge on any atom is 0.283 e. The summed E-state index contributed by atoms with van der Waals surface area (Å²) in [4.78, 5) is 10.3. The molecule has 0 aromatic heterocycles. The molecule has 0 saturated heterocycles. The number of nitrogens with zero attached hydrogens (tertiary/aromatic N) is 1. The minimum atomic E-state index is -0.405. The Morgan fingerprint density at radius 3 is 2.35 bits per heavy atom. The number of nitrogens with one attached hydrogen (secondary N) is 1. The molecule has 0 fully saturated rings. The maximum absolute atomic E-state index is 10.7. The Hall–Kier alpha value is -1.88. The highest BCUT2D eigenvalue weighted by atomic mass is 79.9. The summed E-state index contributed by atoms with van der Waals surface area (Å²) in [6, 6.07) is 13.3. The van der Waals surface area contributed by atoms with E-state index < -0.39 is 4.92 Å². The average molecular weight is 335 g/mol. The minimum absolute atomic E-state index is 0.0721. The van der Waals surface area contributed by atoms with E-state index >= 15 is 0 Å². The average Bonchev–Trinajstić information content (AvgIpc) is 2.45. The van der Waals surface area contributed by atoms with E-state index in [0.29, 0.717) is 11.0 Å². The van der Waals surface area contributed by atoms with Gasteiger partial charge >= 0.3 is 0 Å². The van der Waals surface area contributed by atoms with Gasteiger partial charge in [0.05, 0.1) is 9.40 Å². The molecule has 5 heteroatoms. The van der Waals surface area contributed by atoms with Crippen molar-refractivity contribution in [1.82, 2.24) is 0 Å². The summed E-state index contributed by atoms with van der Waals surface area (Å²) < 4.78 is 0.480. The number of halogens is 1. The van der Waals surface area contributed by atoms with Gasteiger partial charge in [-0.05, 0) is 45.6 Å². The SMILES string of the molecule is CCc1ccc(CNc2ccc([N+](=O)[O-])c(Br)c2)cc1. The van der Waals surface area contributed by atoms with Crippen LogP contribution < -0.4 is 5.32 Å². The number of rotatable bonds is 5. The first-order valence-electron chi connectivity index (χ1n) is 6.35. The Labute approximate surface area is 126 Å². The fourth-order valence-corrected chi connectivity index (χ4v) is 2.39. The maximum atomic E-state index is 10.7. The number of hydrogen-bond acceptors (Lipinski definition) is 3. The number of nitro benzene ring substituents is 1. The van der Waals surface area contributed by atoms with E-state index in [4.69, 9.17) is 0 Å². The van der Waals surface area contributed by atoms with Crippen LogP contribution in [0.5, 0.6) is 0 Å². The monoisotopic (exact) mass is 334 g/mol. The summed E-state index contributed by atoms with van der Waals surface area (Å²) in [7, 11) is 0. The molecule has 0 amide bonds. The van der Waals surface area contributed by atoms with Crippen LogP contribution in [0.2, 0.25) is 0 Å². The molecule has 0 heterocycles. The summed E-state index contributed by atoms with van der Waals surface area (Å²) in [6.45, 7) is 2.82. The molecule has 0 atom stereocenters. The summed E-state index contributed by atoms with van der Waals surface area (Å²) in [5.41, 5.74) is 3.41. The molecule has 2 aromatic carbocycles. The second kappa shape index (κ2) is 6.52. The third-order valence-corrected chi connectivity index (χ3v) is 3.71. The number of hydrogen-bond donors (Lipinski definition) is 1. The smallest absolute Gasteiger partial charge is 0.283 e. The van der Waals surface area contributed by atoms with Gasteiger partial charge < -0.3 is 5.32 Å². The van der Waals surface area contributed by atoms with Crippen molar-refractivity contribution in [2.45, 2.75) is 19.9 Å². The van der Waals surface area contributed by atoms with Crippen molar-refractivity contribution in [2.24, 2.45) is 0 Å². The zero-order valence-electron chi connectivity index (χ0n) is 11.1. The van der Waals surface area contributed by atoms with Gasteiger partial charge in [-0.2, -0.15) is 0 Å². The standard InChI is InChI=1S/C15H15BrN2O2/c1-2-11-3-5-12(6-4-11)10-17-13-7-8-15(18(19)20)14(16)9-13/h3-9,17H,2,10H2,1H3. The van der Waals surface area contributed by atoms with Crippen LogP contribution in [0.1, 0.15) is 18.1 Å². The third kappa shape index (κ3) is 3.57. The Morgan fingerprint density at radius 1 is 1.15 bits per heavy atom. The van der Waals surface area contributed by atoms with Gasteiger partial charge in [-0.25, -0.2) is 0 Å². The Bertz CT molecular complexity index is 612. The Morgan fingerprint density at radius 2 is 1.80 bits per heavy atom. The van der Waals surface area contributed by atoms with Crippen molar-refractivity contribution in [3.05, 3.63) is 68.2 Å². The molecule has 0 unspecified atom stereocenters. The molecule has 104 valence electrons. The van der Waals surface area contributed by atoms with E-state index in [1.807, 2.05) is 0 Å². The zero-order chi connectivity index (χ0) is 14.5. The van der Waals surface area contributed by atoms with Gasteiger partial charge in [-0.1, -0.05) is 31.2 Å². The summed E-state index contributed by atoms with van der Waals surface area (Å²) in [5, 5.41) is 14.0. The van der Waals surface area contributed by atoms with Crippen LogP contribution in [0.4, 0.5) is 11.4 Å². The van der Waals surface area contributed by atoms with E-state index in [0.717, 1.165) is 12.1 Å². The molecule has 0 spiro atoms. The van der Waals surface area contributed by atoms with Crippen LogP contribution in [-0.2, 0) is 13.0 Å². The molecular weight excluding hydrogens is 320 g/mol. The van der Waals surface area contributed by atoms with Crippen LogP contribution in [-0.4, -0.2) is 4.92 Å².